The first kappa shape index (κ1) is 15.6. The van der Waals surface area contributed by atoms with Crippen LogP contribution in [-0.4, -0.2) is 21.5 Å². The minimum atomic E-state index is -3.32. The molecule has 0 spiro atoms. The van der Waals surface area contributed by atoms with Crippen molar-refractivity contribution in [3.63, 3.8) is 0 Å². The van der Waals surface area contributed by atoms with Gasteiger partial charge in [0.15, 0.2) is 0 Å². The molecular weight excluding hydrogens is 268 g/mol. The number of rotatable bonds is 8. The fraction of sp³-hybridized carbons (Fsp3) is 0.667. The molecule has 104 valence electrons. The van der Waals surface area contributed by atoms with Crippen molar-refractivity contribution >= 4 is 21.4 Å². The van der Waals surface area contributed by atoms with Gasteiger partial charge in [-0.2, -0.15) is 0 Å². The highest BCUT2D eigenvalue weighted by Crippen LogP contribution is 2.25. The van der Waals surface area contributed by atoms with E-state index in [0.717, 1.165) is 36.4 Å². The number of nitrogens with one attached hydrogen (secondary N) is 2. The van der Waals surface area contributed by atoms with Gasteiger partial charge >= 0.3 is 0 Å². The van der Waals surface area contributed by atoms with E-state index in [1.54, 1.807) is 6.07 Å². The van der Waals surface area contributed by atoms with E-state index in [2.05, 4.69) is 10.0 Å². The molecule has 4 nitrogen and oxygen atoms in total. The summed E-state index contributed by atoms with van der Waals surface area (Å²) in [6.45, 7) is 8.16. The lowest BCUT2D eigenvalue weighted by atomic mass is 10.3. The Bertz CT molecular complexity index is 466. The first-order valence-corrected chi connectivity index (χ1v) is 8.61. The molecule has 18 heavy (non-hydrogen) atoms. The maximum Gasteiger partial charge on any atom is 0.250 e. The van der Waals surface area contributed by atoms with E-state index >= 15 is 0 Å². The van der Waals surface area contributed by atoms with Gasteiger partial charge in [0, 0.05) is 18.0 Å². The van der Waals surface area contributed by atoms with Gasteiger partial charge in [0.05, 0.1) is 0 Å². The van der Waals surface area contributed by atoms with Crippen LogP contribution in [0.4, 0.5) is 0 Å². The summed E-state index contributed by atoms with van der Waals surface area (Å²) in [5.74, 6) is 0. The van der Waals surface area contributed by atoms with Crippen molar-refractivity contribution < 1.29 is 8.42 Å². The molecule has 0 saturated carbocycles. The van der Waals surface area contributed by atoms with Crippen LogP contribution in [0, 0.1) is 6.92 Å². The summed E-state index contributed by atoms with van der Waals surface area (Å²) in [5, 5.41) is 3.22. The van der Waals surface area contributed by atoms with Crippen LogP contribution in [0.1, 0.15) is 37.1 Å². The van der Waals surface area contributed by atoms with Crippen LogP contribution in [-0.2, 0) is 16.6 Å². The zero-order valence-corrected chi connectivity index (χ0v) is 12.9. The molecule has 1 rings (SSSR count). The van der Waals surface area contributed by atoms with Crippen LogP contribution in [0.15, 0.2) is 10.3 Å². The molecule has 0 aliphatic rings. The van der Waals surface area contributed by atoms with Crippen molar-refractivity contribution in [3.8, 4) is 0 Å². The summed E-state index contributed by atoms with van der Waals surface area (Å²) < 4.78 is 27.1. The van der Waals surface area contributed by atoms with E-state index in [9.17, 15) is 8.42 Å². The summed E-state index contributed by atoms with van der Waals surface area (Å²) >= 11 is 1.35. The molecule has 0 atom stereocenters. The van der Waals surface area contributed by atoms with Crippen molar-refractivity contribution in [2.75, 3.05) is 13.1 Å². The topological polar surface area (TPSA) is 58.2 Å². The SMILES string of the molecule is CCCCNS(=O)(=O)c1cc(C)c(CNCC)s1. The van der Waals surface area contributed by atoms with Crippen LogP contribution >= 0.6 is 11.3 Å². The van der Waals surface area contributed by atoms with Crippen LogP contribution in [0.25, 0.3) is 0 Å². The van der Waals surface area contributed by atoms with Crippen molar-refractivity contribution in [2.24, 2.45) is 0 Å². The van der Waals surface area contributed by atoms with Gasteiger partial charge in [0.2, 0.25) is 10.0 Å². The molecule has 2 N–H and O–H groups in total. The maximum atomic E-state index is 12.0. The Morgan fingerprint density at radius 2 is 2.06 bits per heavy atom. The van der Waals surface area contributed by atoms with E-state index in [4.69, 9.17) is 0 Å². The highest BCUT2D eigenvalue weighted by Gasteiger charge is 2.17. The van der Waals surface area contributed by atoms with Crippen LogP contribution in [0.5, 0.6) is 0 Å². The lowest BCUT2D eigenvalue weighted by molar-refractivity contribution is 0.580. The minimum Gasteiger partial charge on any atom is -0.312 e. The Labute approximate surface area is 114 Å². The van der Waals surface area contributed by atoms with Gasteiger partial charge in [-0.1, -0.05) is 20.3 Å². The second-order valence-corrected chi connectivity index (χ2v) is 7.33. The van der Waals surface area contributed by atoms with Gasteiger partial charge < -0.3 is 5.32 Å². The van der Waals surface area contributed by atoms with E-state index in [0.29, 0.717) is 10.8 Å². The maximum absolute atomic E-state index is 12.0. The Balaban J connectivity index is 2.76. The monoisotopic (exact) mass is 290 g/mol. The fourth-order valence-electron chi connectivity index (χ4n) is 1.49. The second kappa shape index (κ2) is 7.23. The molecule has 1 heterocycles. The Morgan fingerprint density at radius 3 is 2.67 bits per heavy atom. The smallest absolute Gasteiger partial charge is 0.250 e. The van der Waals surface area contributed by atoms with Gasteiger partial charge in [-0.05, 0) is 31.5 Å². The number of thiophene rings is 1. The highest BCUT2D eigenvalue weighted by molar-refractivity contribution is 7.91. The van der Waals surface area contributed by atoms with Crippen molar-refractivity contribution in [3.05, 3.63) is 16.5 Å². The quantitative estimate of drug-likeness (QED) is 0.722. The zero-order chi connectivity index (χ0) is 13.6. The first-order valence-electron chi connectivity index (χ1n) is 6.31. The van der Waals surface area contributed by atoms with E-state index < -0.39 is 10.0 Å². The number of hydrogen-bond acceptors (Lipinski definition) is 4. The van der Waals surface area contributed by atoms with Gasteiger partial charge in [-0.25, -0.2) is 13.1 Å². The lowest BCUT2D eigenvalue weighted by Crippen LogP contribution is -2.23. The molecule has 0 aromatic carbocycles. The fourth-order valence-corrected chi connectivity index (χ4v) is 4.17. The number of sulfonamides is 1. The van der Waals surface area contributed by atoms with Crippen molar-refractivity contribution in [1.82, 2.24) is 10.0 Å². The van der Waals surface area contributed by atoms with Gasteiger partial charge in [0.1, 0.15) is 4.21 Å². The molecule has 0 radical (unpaired) electrons. The van der Waals surface area contributed by atoms with Gasteiger partial charge in [-0.15, -0.1) is 11.3 Å². The number of hydrogen-bond donors (Lipinski definition) is 2. The lowest BCUT2D eigenvalue weighted by Gasteiger charge is -2.03. The molecular formula is C12H22N2O2S2. The predicted molar refractivity (Wildman–Crippen MR) is 76.5 cm³/mol. The third-order valence-corrected chi connectivity index (χ3v) is 5.79. The third kappa shape index (κ3) is 4.35. The summed E-state index contributed by atoms with van der Waals surface area (Å²) in [6.07, 6.45) is 1.85. The molecule has 0 unspecified atom stereocenters. The number of aryl methyl sites for hydroxylation is 1. The molecule has 0 fully saturated rings. The van der Waals surface area contributed by atoms with Gasteiger partial charge in [0.25, 0.3) is 0 Å². The Hall–Kier alpha value is -0.430. The van der Waals surface area contributed by atoms with E-state index in [1.807, 2.05) is 20.8 Å². The van der Waals surface area contributed by atoms with Crippen LogP contribution in [0.3, 0.4) is 0 Å². The molecule has 0 aliphatic carbocycles. The third-order valence-electron chi connectivity index (χ3n) is 2.62. The van der Waals surface area contributed by atoms with Crippen LogP contribution < -0.4 is 10.0 Å². The second-order valence-electron chi connectivity index (χ2n) is 4.20. The molecule has 6 heteroatoms. The van der Waals surface area contributed by atoms with E-state index in [1.165, 1.54) is 11.3 Å². The van der Waals surface area contributed by atoms with Crippen molar-refractivity contribution in [1.29, 1.82) is 0 Å². The summed E-state index contributed by atoms with van der Waals surface area (Å²) in [4.78, 5) is 1.09. The molecule has 0 saturated heterocycles. The van der Waals surface area contributed by atoms with Crippen molar-refractivity contribution in [2.45, 2.75) is 44.4 Å². The largest absolute Gasteiger partial charge is 0.312 e. The first-order chi connectivity index (χ1) is 8.51. The summed E-state index contributed by atoms with van der Waals surface area (Å²) in [5.41, 5.74) is 1.04. The van der Waals surface area contributed by atoms with Crippen LogP contribution in [0.2, 0.25) is 0 Å². The number of unbranched alkanes of at least 4 members (excludes halogenated alkanes) is 1. The normalized spacial score (nSPS) is 11.9. The average Bonchev–Trinajstić information content (AvgIpc) is 2.69. The molecule has 1 aromatic heterocycles. The Kier molecular flexibility index (Phi) is 6.28. The summed E-state index contributed by atoms with van der Waals surface area (Å²) in [6, 6.07) is 1.76. The summed E-state index contributed by atoms with van der Waals surface area (Å²) in [7, 11) is -3.32. The standard InChI is InChI=1S/C12H22N2O2S2/c1-4-6-7-14-18(15,16)12-8-10(3)11(17-12)9-13-5-2/h8,13-14H,4-7,9H2,1-3H3. The predicted octanol–water partition coefficient (Wildman–Crippen LogP) is 2.24. The molecule has 0 aliphatic heterocycles. The molecule has 0 bridgehead atoms. The minimum absolute atomic E-state index is 0.420. The molecule has 1 aromatic rings. The Morgan fingerprint density at radius 1 is 1.33 bits per heavy atom. The zero-order valence-electron chi connectivity index (χ0n) is 11.2. The molecule has 0 amide bonds. The highest BCUT2D eigenvalue weighted by atomic mass is 32.2. The van der Waals surface area contributed by atoms with E-state index in [-0.39, 0.29) is 0 Å². The van der Waals surface area contributed by atoms with Gasteiger partial charge in [-0.3, -0.25) is 0 Å². The average molecular weight is 290 g/mol.